The van der Waals surface area contributed by atoms with Gasteiger partial charge in [0, 0.05) is 6.04 Å². The molecule has 1 aliphatic rings. The maximum atomic E-state index is 8.58. The largest absolute Gasteiger partial charge is 0.392 e. The molecular formula is C11H21NO. The first kappa shape index (κ1) is 10.7. The molecule has 1 fully saturated rings. The monoisotopic (exact) mass is 183 g/mol. The SMILES string of the molecule is NC(C=CCO)CC1CCCCC1. The van der Waals surface area contributed by atoms with E-state index < -0.39 is 0 Å². The average molecular weight is 183 g/mol. The Bertz CT molecular complexity index is 150. The first-order valence-corrected chi connectivity index (χ1v) is 5.36. The normalized spacial score (nSPS) is 22.3. The lowest BCUT2D eigenvalue weighted by atomic mass is 9.85. The van der Waals surface area contributed by atoms with Crippen LogP contribution in [0.3, 0.4) is 0 Å². The number of rotatable bonds is 4. The zero-order valence-corrected chi connectivity index (χ0v) is 8.28. The molecule has 76 valence electrons. The third kappa shape index (κ3) is 4.44. The summed E-state index contributed by atoms with van der Waals surface area (Å²) in [5.74, 6) is 0.826. The van der Waals surface area contributed by atoms with Crippen LogP contribution in [-0.2, 0) is 0 Å². The van der Waals surface area contributed by atoms with Crippen LogP contribution in [0.4, 0.5) is 0 Å². The van der Waals surface area contributed by atoms with Crippen molar-refractivity contribution in [3.05, 3.63) is 12.2 Å². The van der Waals surface area contributed by atoms with E-state index in [1.54, 1.807) is 6.08 Å². The molecule has 1 atom stereocenters. The van der Waals surface area contributed by atoms with Crippen molar-refractivity contribution in [2.45, 2.75) is 44.6 Å². The molecule has 0 aromatic carbocycles. The summed E-state index contributed by atoms with van der Waals surface area (Å²) in [6.45, 7) is 0.109. The maximum Gasteiger partial charge on any atom is 0.0612 e. The lowest BCUT2D eigenvalue weighted by molar-refractivity contribution is 0.326. The van der Waals surface area contributed by atoms with Crippen molar-refractivity contribution in [3.8, 4) is 0 Å². The number of hydrogen-bond acceptors (Lipinski definition) is 2. The van der Waals surface area contributed by atoms with Gasteiger partial charge in [-0.25, -0.2) is 0 Å². The fourth-order valence-corrected chi connectivity index (χ4v) is 2.12. The van der Waals surface area contributed by atoms with Crippen molar-refractivity contribution >= 4 is 0 Å². The lowest BCUT2D eigenvalue weighted by Gasteiger charge is -2.23. The Morgan fingerprint density at radius 1 is 1.31 bits per heavy atom. The Kier molecular flexibility index (Phi) is 5.09. The maximum absolute atomic E-state index is 8.58. The minimum atomic E-state index is 0.109. The van der Waals surface area contributed by atoms with E-state index in [0.29, 0.717) is 0 Å². The van der Waals surface area contributed by atoms with Gasteiger partial charge in [-0.05, 0) is 12.3 Å². The van der Waals surface area contributed by atoms with Gasteiger partial charge < -0.3 is 10.8 Å². The number of aliphatic hydroxyl groups is 1. The molecule has 1 unspecified atom stereocenters. The van der Waals surface area contributed by atoms with E-state index in [0.717, 1.165) is 12.3 Å². The molecule has 0 amide bonds. The Hall–Kier alpha value is -0.340. The first-order chi connectivity index (χ1) is 6.33. The van der Waals surface area contributed by atoms with Crippen molar-refractivity contribution < 1.29 is 5.11 Å². The molecule has 0 spiro atoms. The molecule has 0 bridgehead atoms. The number of aliphatic hydroxyl groups excluding tert-OH is 1. The molecule has 0 aromatic heterocycles. The molecule has 0 radical (unpaired) electrons. The topological polar surface area (TPSA) is 46.2 Å². The standard InChI is InChI=1S/C11H21NO/c12-11(7-4-8-13)9-10-5-2-1-3-6-10/h4,7,10-11,13H,1-3,5-6,8-9,12H2. The fraction of sp³-hybridized carbons (Fsp3) is 0.818. The van der Waals surface area contributed by atoms with E-state index in [2.05, 4.69) is 0 Å². The van der Waals surface area contributed by atoms with Crippen LogP contribution in [0.15, 0.2) is 12.2 Å². The summed E-state index contributed by atoms with van der Waals surface area (Å²) in [4.78, 5) is 0. The second-order valence-electron chi connectivity index (χ2n) is 4.01. The minimum absolute atomic E-state index is 0.109. The van der Waals surface area contributed by atoms with Gasteiger partial charge in [-0.15, -0.1) is 0 Å². The predicted octanol–water partition coefficient (Wildman–Crippen LogP) is 1.83. The van der Waals surface area contributed by atoms with E-state index in [4.69, 9.17) is 10.8 Å². The second kappa shape index (κ2) is 6.17. The van der Waals surface area contributed by atoms with E-state index in [-0.39, 0.29) is 12.6 Å². The van der Waals surface area contributed by atoms with Crippen LogP contribution in [0.5, 0.6) is 0 Å². The van der Waals surface area contributed by atoms with E-state index in [1.165, 1.54) is 32.1 Å². The van der Waals surface area contributed by atoms with Crippen LogP contribution in [0, 0.1) is 5.92 Å². The summed E-state index contributed by atoms with van der Waals surface area (Å²) in [5.41, 5.74) is 5.89. The highest BCUT2D eigenvalue weighted by Gasteiger charge is 2.14. The van der Waals surface area contributed by atoms with Gasteiger partial charge in [0.05, 0.1) is 6.61 Å². The van der Waals surface area contributed by atoms with Crippen molar-refractivity contribution in [3.63, 3.8) is 0 Å². The van der Waals surface area contributed by atoms with Gasteiger partial charge in [0.2, 0.25) is 0 Å². The van der Waals surface area contributed by atoms with E-state index in [1.807, 2.05) is 6.08 Å². The van der Waals surface area contributed by atoms with Crippen LogP contribution < -0.4 is 5.73 Å². The Morgan fingerprint density at radius 2 is 2.00 bits per heavy atom. The van der Waals surface area contributed by atoms with Crippen molar-refractivity contribution in [2.24, 2.45) is 11.7 Å². The van der Waals surface area contributed by atoms with Crippen LogP contribution >= 0.6 is 0 Å². The summed E-state index contributed by atoms with van der Waals surface area (Å²) < 4.78 is 0. The molecule has 0 heterocycles. The molecule has 0 aliphatic heterocycles. The van der Waals surface area contributed by atoms with Gasteiger partial charge in [0.1, 0.15) is 0 Å². The second-order valence-corrected chi connectivity index (χ2v) is 4.01. The number of hydrogen-bond donors (Lipinski definition) is 2. The molecule has 1 aliphatic carbocycles. The van der Waals surface area contributed by atoms with Crippen LogP contribution in [0.1, 0.15) is 38.5 Å². The van der Waals surface area contributed by atoms with Crippen LogP contribution in [-0.4, -0.2) is 17.8 Å². The summed E-state index contributed by atoms with van der Waals surface area (Å²) in [7, 11) is 0. The molecule has 1 rings (SSSR count). The lowest BCUT2D eigenvalue weighted by Crippen LogP contribution is -2.22. The van der Waals surface area contributed by atoms with Gasteiger partial charge in [0.25, 0.3) is 0 Å². The van der Waals surface area contributed by atoms with Crippen molar-refractivity contribution in [1.82, 2.24) is 0 Å². The van der Waals surface area contributed by atoms with Gasteiger partial charge in [-0.2, -0.15) is 0 Å². The average Bonchev–Trinajstić information content (AvgIpc) is 2.16. The summed E-state index contributed by atoms with van der Waals surface area (Å²) in [6.07, 6.45) is 11.6. The summed E-state index contributed by atoms with van der Waals surface area (Å²) in [5, 5.41) is 8.58. The van der Waals surface area contributed by atoms with Gasteiger partial charge in [0.15, 0.2) is 0 Å². The van der Waals surface area contributed by atoms with Gasteiger partial charge in [-0.3, -0.25) is 0 Å². The molecule has 0 aromatic rings. The Labute approximate surface area is 80.8 Å². The highest BCUT2D eigenvalue weighted by Crippen LogP contribution is 2.26. The smallest absolute Gasteiger partial charge is 0.0612 e. The minimum Gasteiger partial charge on any atom is -0.392 e. The van der Waals surface area contributed by atoms with Crippen LogP contribution in [0.2, 0.25) is 0 Å². The third-order valence-electron chi connectivity index (χ3n) is 2.82. The zero-order valence-electron chi connectivity index (χ0n) is 8.28. The summed E-state index contributed by atoms with van der Waals surface area (Å²) in [6, 6.07) is 0.148. The predicted molar refractivity (Wildman–Crippen MR) is 55.4 cm³/mol. The molecule has 2 nitrogen and oxygen atoms in total. The highest BCUT2D eigenvalue weighted by molar-refractivity contribution is 4.92. The van der Waals surface area contributed by atoms with Crippen LogP contribution in [0.25, 0.3) is 0 Å². The third-order valence-corrected chi connectivity index (χ3v) is 2.82. The molecule has 0 saturated heterocycles. The zero-order chi connectivity index (χ0) is 9.52. The molecule has 2 heteroatoms. The quantitative estimate of drug-likeness (QED) is 0.653. The van der Waals surface area contributed by atoms with Crippen molar-refractivity contribution in [1.29, 1.82) is 0 Å². The molecular weight excluding hydrogens is 162 g/mol. The van der Waals surface area contributed by atoms with E-state index >= 15 is 0 Å². The fourth-order valence-electron chi connectivity index (χ4n) is 2.12. The Balaban J connectivity index is 2.18. The van der Waals surface area contributed by atoms with Gasteiger partial charge in [-0.1, -0.05) is 44.3 Å². The Morgan fingerprint density at radius 3 is 2.62 bits per heavy atom. The first-order valence-electron chi connectivity index (χ1n) is 5.36. The van der Waals surface area contributed by atoms with Crippen molar-refractivity contribution in [2.75, 3.05) is 6.61 Å². The molecule has 13 heavy (non-hydrogen) atoms. The number of nitrogens with two attached hydrogens (primary N) is 1. The van der Waals surface area contributed by atoms with Gasteiger partial charge >= 0.3 is 0 Å². The summed E-state index contributed by atoms with van der Waals surface area (Å²) >= 11 is 0. The van der Waals surface area contributed by atoms with E-state index in [9.17, 15) is 0 Å². The molecule has 1 saturated carbocycles. The highest BCUT2D eigenvalue weighted by atomic mass is 16.2. The molecule has 3 N–H and O–H groups in total.